The van der Waals surface area contributed by atoms with Crippen LogP contribution in [0.15, 0.2) is 36.4 Å². The Kier molecular flexibility index (Phi) is 5.30. The standard InChI is InChI=1S/C18H18N6O4/c1-10-9-11(2)24-18(19-10)20-14(23-24)17(27)28-12(3)15(25)21-22-16(26)13-7-5-4-6-8-13/h4-9,12H,1-3H3,(H,21,25)(H,22,26)/t12-/m1/s1. The zero-order chi connectivity index (χ0) is 20.3. The van der Waals surface area contributed by atoms with Crippen LogP contribution in [0.5, 0.6) is 0 Å². The lowest BCUT2D eigenvalue weighted by atomic mass is 10.2. The van der Waals surface area contributed by atoms with Gasteiger partial charge in [-0.3, -0.25) is 20.4 Å². The normalized spacial score (nSPS) is 11.7. The van der Waals surface area contributed by atoms with Crippen molar-refractivity contribution in [2.45, 2.75) is 26.9 Å². The van der Waals surface area contributed by atoms with Gasteiger partial charge in [0.1, 0.15) is 0 Å². The Hall–Kier alpha value is -3.82. The second-order valence-corrected chi connectivity index (χ2v) is 6.04. The van der Waals surface area contributed by atoms with E-state index in [-0.39, 0.29) is 11.6 Å². The highest BCUT2D eigenvalue weighted by molar-refractivity contribution is 5.96. The third-order valence-electron chi connectivity index (χ3n) is 3.79. The molecule has 0 aliphatic heterocycles. The van der Waals surface area contributed by atoms with Crippen LogP contribution < -0.4 is 10.9 Å². The van der Waals surface area contributed by atoms with Crippen LogP contribution >= 0.6 is 0 Å². The van der Waals surface area contributed by atoms with Crippen LogP contribution in [0.25, 0.3) is 5.78 Å². The molecular weight excluding hydrogens is 364 g/mol. The largest absolute Gasteiger partial charge is 0.447 e. The summed E-state index contributed by atoms with van der Waals surface area (Å²) in [7, 11) is 0. The molecule has 2 N–H and O–H groups in total. The van der Waals surface area contributed by atoms with Gasteiger partial charge in [0.05, 0.1) is 0 Å². The maximum absolute atomic E-state index is 12.2. The quantitative estimate of drug-likeness (QED) is 0.503. The predicted molar refractivity (Wildman–Crippen MR) is 97.2 cm³/mol. The summed E-state index contributed by atoms with van der Waals surface area (Å²) in [6.07, 6.45) is -1.18. The van der Waals surface area contributed by atoms with Crippen LogP contribution in [-0.2, 0) is 9.53 Å². The number of carbonyl (C=O) groups excluding carboxylic acids is 3. The summed E-state index contributed by atoms with van der Waals surface area (Å²) in [5.41, 5.74) is 6.32. The van der Waals surface area contributed by atoms with E-state index in [1.54, 1.807) is 50.2 Å². The lowest BCUT2D eigenvalue weighted by Crippen LogP contribution is -2.46. The van der Waals surface area contributed by atoms with Crippen molar-refractivity contribution in [1.29, 1.82) is 0 Å². The molecule has 144 valence electrons. The SMILES string of the molecule is Cc1cc(C)n2nc(C(=O)O[C@H](C)C(=O)NNC(=O)c3ccccc3)nc2n1. The number of nitrogens with one attached hydrogen (secondary N) is 2. The van der Waals surface area contributed by atoms with Crippen LogP contribution in [0.1, 0.15) is 39.3 Å². The highest BCUT2D eigenvalue weighted by Gasteiger charge is 2.23. The molecule has 10 heteroatoms. The number of benzene rings is 1. The summed E-state index contributed by atoms with van der Waals surface area (Å²) in [4.78, 5) is 44.4. The third kappa shape index (κ3) is 4.11. The van der Waals surface area contributed by atoms with Crippen molar-refractivity contribution in [2.24, 2.45) is 0 Å². The Morgan fingerprint density at radius 3 is 2.50 bits per heavy atom. The Balaban J connectivity index is 1.60. The van der Waals surface area contributed by atoms with Crippen molar-refractivity contribution in [3.63, 3.8) is 0 Å². The van der Waals surface area contributed by atoms with Crippen molar-refractivity contribution in [2.75, 3.05) is 0 Å². The number of aromatic nitrogens is 4. The predicted octanol–water partition coefficient (Wildman–Crippen LogP) is 0.748. The monoisotopic (exact) mass is 382 g/mol. The maximum Gasteiger partial charge on any atom is 0.379 e. The molecule has 0 aliphatic carbocycles. The minimum absolute atomic E-state index is 0.214. The maximum atomic E-state index is 12.2. The second-order valence-electron chi connectivity index (χ2n) is 6.04. The molecule has 10 nitrogen and oxygen atoms in total. The van der Waals surface area contributed by atoms with Crippen LogP contribution in [-0.4, -0.2) is 43.5 Å². The third-order valence-corrected chi connectivity index (χ3v) is 3.79. The van der Waals surface area contributed by atoms with Crippen LogP contribution in [0, 0.1) is 13.8 Å². The number of carbonyl (C=O) groups is 3. The van der Waals surface area contributed by atoms with Gasteiger partial charge < -0.3 is 4.74 Å². The highest BCUT2D eigenvalue weighted by Crippen LogP contribution is 2.07. The summed E-state index contributed by atoms with van der Waals surface area (Å²) in [5, 5.41) is 4.05. The van der Waals surface area contributed by atoms with Crippen molar-refractivity contribution in [3.8, 4) is 0 Å². The van der Waals surface area contributed by atoms with Gasteiger partial charge in [-0.15, -0.1) is 5.10 Å². The molecule has 0 spiro atoms. The van der Waals surface area contributed by atoms with Gasteiger partial charge in [-0.05, 0) is 39.0 Å². The fourth-order valence-electron chi connectivity index (χ4n) is 2.40. The zero-order valence-electron chi connectivity index (χ0n) is 15.5. The molecule has 2 amide bonds. The number of ether oxygens (including phenoxy) is 1. The summed E-state index contributed by atoms with van der Waals surface area (Å²) >= 11 is 0. The van der Waals surface area contributed by atoms with Crippen molar-refractivity contribution < 1.29 is 19.1 Å². The van der Waals surface area contributed by atoms with Gasteiger partial charge in [-0.25, -0.2) is 14.3 Å². The molecule has 0 saturated carbocycles. The number of aryl methyl sites for hydroxylation is 2. The van der Waals surface area contributed by atoms with Gasteiger partial charge in [-0.2, -0.15) is 4.98 Å². The average molecular weight is 382 g/mol. The molecule has 0 fully saturated rings. The van der Waals surface area contributed by atoms with Gasteiger partial charge in [-0.1, -0.05) is 18.2 Å². The van der Waals surface area contributed by atoms with E-state index in [4.69, 9.17) is 4.74 Å². The Morgan fingerprint density at radius 2 is 1.79 bits per heavy atom. The first-order valence-electron chi connectivity index (χ1n) is 8.42. The molecule has 0 bridgehead atoms. The first kappa shape index (κ1) is 19.0. The van der Waals surface area contributed by atoms with E-state index in [2.05, 4.69) is 25.9 Å². The molecule has 3 rings (SSSR count). The topological polar surface area (TPSA) is 128 Å². The molecule has 2 heterocycles. The number of hydrogen-bond acceptors (Lipinski definition) is 7. The summed E-state index contributed by atoms with van der Waals surface area (Å²) in [6.45, 7) is 4.97. The van der Waals surface area contributed by atoms with E-state index >= 15 is 0 Å². The van der Waals surface area contributed by atoms with Crippen LogP contribution in [0.4, 0.5) is 0 Å². The van der Waals surface area contributed by atoms with Gasteiger partial charge >= 0.3 is 5.97 Å². The molecule has 2 aromatic heterocycles. The lowest BCUT2D eigenvalue weighted by Gasteiger charge is -2.13. The van der Waals surface area contributed by atoms with Crippen molar-refractivity contribution in [3.05, 3.63) is 59.2 Å². The fraction of sp³-hybridized carbons (Fsp3) is 0.222. The molecule has 3 aromatic rings. The van der Waals surface area contributed by atoms with Gasteiger partial charge in [0.25, 0.3) is 23.4 Å². The molecule has 1 atom stereocenters. The Morgan fingerprint density at radius 1 is 1.07 bits per heavy atom. The lowest BCUT2D eigenvalue weighted by molar-refractivity contribution is -0.129. The smallest absolute Gasteiger partial charge is 0.379 e. The first-order valence-corrected chi connectivity index (χ1v) is 8.42. The van der Waals surface area contributed by atoms with E-state index in [0.29, 0.717) is 5.56 Å². The van der Waals surface area contributed by atoms with E-state index in [1.165, 1.54) is 11.4 Å². The number of amides is 2. The van der Waals surface area contributed by atoms with E-state index in [1.807, 2.05) is 0 Å². The second kappa shape index (κ2) is 7.82. The van der Waals surface area contributed by atoms with E-state index in [9.17, 15) is 14.4 Å². The minimum Gasteiger partial charge on any atom is -0.447 e. The molecule has 1 aromatic carbocycles. The Bertz CT molecular complexity index is 1050. The molecule has 28 heavy (non-hydrogen) atoms. The molecular formula is C18H18N6O4. The molecule has 0 unspecified atom stereocenters. The number of hydrogen-bond donors (Lipinski definition) is 2. The summed E-state index contributed by atoms with van der Waals surface area (Å²) in [5.74, 6) is -2.02. The summed E-state index contributed by atoms with van der Waals surface area (Å²) in [6, 6.07) is 10.1. The molecule has 0 saturated heterocycles. The first-order chi connectivity index (χ1) is 13.3. The molecule has 0 radical (unpaired) electrons. The zero-order valence-corrected chi connectivity index (χ0v) is 15.5. The van der Waals surface area contributed by atoms with Crippen LogP contribution in [0.3, 0.4) is 0 Å². The van der Waals surface area contributed by atoms with Crippen molar-refractivity contribution >= 4 is 23.6 Å². The van der Waals surface area contributed by atoms with Gasteiger partial charge in [0.15, 0.2) is 6.10 Å². The molecule has 0 aliphatic rings. The number of hydrazine groups is 1. The fourth-order valence-corrected chi connectivity index (χ4v) is 2.40. The highest BCUT2D eigenvalue weighted by atomic mass is 16.5. The van der Waals surface area contributed by atoms with Gasteiger partial charge in [0.2, 0.25) is 0 Å². The number of esters is 1. The number of nitrogens with zero attached hydrogens (tertiary/aromatic N) is 4. The average Bonchev–Trinajstić information content (AvgIpc) is 3.11. The summed E-state index contributed by atoms with van der Waals surface area (Å²) < 4.78 is 6.48. The Labute approximate surface area is 159 Å². The van der Waals surface area contributed by atoms with Crippen molar-refractivity contribution in [1.82, 2.24) is 30.4 Å². The minimum atomic E-state index is -1.18. The van der Waals surface area contributed by atoms with Gasteiger partial charge in [0, 0.05) is 17.0 Å². The number of rotatable bonds is 4. The van der Waals surface area contributed by atoms with Crippen LogP contribution in [0.2, 0.25) is 0 Å². The number of fused-ring (bicyclic) bond motifs is 1. The van der Waals surface area contributed by atoms with E-state index in [0.717, 1.165) is 11.4 Å². The van der Waals surface area contributed by atoms with E-state index < -0.39 is 23.9 Å².